The first-order valence-electron chi connectivity index (χ1n) is 2.87. The van der Waals surface area contributed by atoms with Crippen molar-refractivity contribution in [2.45, 2.75) is 16.1 Å². The number of sulfone groups is 1. The lowest BCUT2D eigenvalue weighted by molar-refractivity contribution is -0.115. The Morgan fingerprint density at radius 1 is 1.64 bits per heavy atom. The van der Waals surface area contributed by atoms with Crippen molar-refractivity contribution in [3.05, 3.63) is 0 Å². The van der Waals surface area contributed by atoms with Crippen LogP contribution in [0.5, 0.6) is 0 Å². The summed E-state index contributed by atoms with van der Waals surface area (Å²) in [4.78, 5) is 10.8. The van der Waals surface area contributed by atoms with Crippen LogP contribution in [0.2, 0.25) is 0 Å². The zero-order chi connectivity index (χ0) is 9.28. The number of carbonyl (C=O) groups is 1. The van der Waals surface area contributed by atoms with Crippen LogP contribution in [0.1, 0.15) is 13.8 Å². The van der Waals surface area contributed by atoms with Gasteiger partial charge in [-0.25, -0.2) is 8.42 Å². The Balaban J connectivity index is 5.01. The topological polar surface area (TPSA) is 51.2 Å². The Bertz CT molecular complexity index is 257. The van der Waals surface area contributed by atoms with Crippen molar-refractivity contribution in [1.29, 1.82) is 0 Å². The lowest BCUT2D eigenvalue weighted by Crippen LogP contribution is -2.34. The number of hydrogen-bond acceptors (Lipinski definition) is 3. The molecule has 0 fully saturated rings. The van der Waals surface area contributed by atoms with Crippen LogP contribution in [0.3, 0.4) is 0 Å². The Morgan fingerprint density at radius 2 is 2.00 bits per heavy atom. The number of ketones is 1. The predicted molar refractivity (Wildman–Crippen MR) is 52.7 cm³/mol. The van der Waals surface area contributed by atoms with Crippen molar-refractivity contribution in [3.63, 3.8) is 0 Å². The molecule has 0 saturated heterocycles. The van der Waals surface area contributed by atoms with Gasteiger partial charge < -0.3 is 0 Å². The van der Waals surface area contributed by atoms with Gasteiger partial charge in [-0.15, -0.1) is 0 Å². The Kier molecular flexibility index (Phi) is 3.78. The molecule has 0 amide bonds. The van der Waals surface area contributed by atoms with E-state index in [1.165, 1.54) is 29.5 Å². The van der Waals surface area contributed by atoms with E-state index in [4.69, 9.17) is 11.6 Å². The molecule has 0 heterocycles. The van der Waals surface area contributed by atoms with Crippen LogP contribution >= 0.6 is 34.2 Å². The molecule has 0 aliphatic carbocycles. The van der Waals surface area contributed by atoms with Crippen molar-refractivity contribution in [2.75, 3.05) is 5.75 Å². The van der Waals surface area contributed by atoms with E-state index in [0.717, 1.165) is 6.92 Å². The number of hydrogen-bond donors (Lipinski definition) is 0. The highest BCUT2D eigenvalue weighted by Gasteiger charge is 2.42. The molecular formula is C5H8ClIO3S. The summed E-state index contributed by atoms with van der Waals surface area (Å²) in [6.45, 7) is 2.61. The molecule has 0 N–H and O–H groups in total. The summed E-state index contributed by atoms with van der Waals surface area (Å²) in [7, 11) is -3.49. The number of alkyl halides is 2. The first-order chi connectivity index (χ1) is 4.75. The van der Waals surface area contributed by atoms with E-state index in [1.54, 1.807) is 0 Å². The number of halogens is 2. The Labute approximate surface area is 84.6 Å². The maximum absolute atomic E-state index is 11.1. The maximum Gasteiger partial charge on any atom is 0.252 e. The Hall–Kier alpha value is 0.640. The largest absolute Gasteiger partial charge is 0.296 e. The molecule has 3 nitrogen and oxygen atoms in total. The highest BCUT2D eigenvalue weighted by molar-refractivity contribution is 14.1. The van der Waals surface area contributed by atoms with Crippen LogP contribution in [0.25, 0.3) is 0 Å². The van der Waals surface area contributed by atoms with Crippen LogP contribution in [0.15, 0.2) is 0 Å². The van der Waals surface area contributed by atoms with Crippen molar-refractivity contribution in [2.24, 2.45) is 0 Å². The molecule has 0 rings (SSSR count). The zero-order valence-corrected chi connectivity index (χ0v) is 9.83. The van der Waals surface area contributed by atoms with E-state index in [2.05, 4.69) is 0 Å². The predicted octanol–water partition coefficient (Wildman–Crippen LogP) is 1.34. The average molecular weight is 311 g/mol. The molecule has 66 valence electrons. The minimum atomic E-state index is -3.49. The molecule has 6 heteroatoms. The van der Waals surface area contributed by atoms with Gasteiger partial charge in [-0.3, -0.25) is 4.79 Å². The zero-order valence-electron chi connectivity index (χ0n) is 6.10. The first kappa shape index (κ1) is 11.6. The standard InChI is InChI=1S/C5H8ClIO3S/c1-3-11(9,10)5(6,7)4(2)8/h3H2,1-2H3/t5-/m0/s1. The van der Waals surface area contributed by atoms with Gasteiger partial charge in [0, 0.05) is 0 Å². The van der Waals surface area contributed by atoms with E-state index in [-0.39, 0.29) is 5.75 Å². The summed E-state index contributed by atoms with van der Waals surface area (Å²) in [6.07, 6.45) is 0. The third kappa shape index (κ3) is 2.29. The maximum atomic E-state index is 11.1. The lowest BCUT2D eigenvalue weighted by atomic mass is 10.5. The van der Waals surface area contributed by atoms with Crippen LogP contribution in [-0.2, 0) is 14.6 Å². The molecule has 0 aromatic heterocycles. The third-order valence-corrected chi connectivity index (χ3v) is 6.75. The summed E-state index contributed by atoms with van der Waals surface area (Å²) in [5.74, 6) is -0.680. The lowest BCUT2D eigenvalue weighted by Gasteiger charge is -2.15. The van der Waals surface area contributed by atoms with Gasteiger partial charge in [0.1, 0.15) is 0 Å². The van der Waals surface area contributed by atoms with E-state index < -0.39 is 17.8 Å². The fourth-order valence-electron chi connectivity index (χ4n) is 0.400. The van der Waals surface area contributed by atoms with Crippen molar-refractivity contribution >= 4 is 49.8 Å². The highest BCUT2D eigenvalue weighted by Crippen LogP contribution is 2.32. The summed E-state index contributed by atoms with van der Waals surface area (Å²) in [6, 6.07) is 0. The molecule has 0 radical (unpaired) electrons. The summed E-state index contributed by atoms with van der Waals surface area (Å²) >= 11 is 6.95. The molecule has 0 spiro atoms. The smallest absolute Gasteiger partial charge is 0.252 e. The molecule has 0 aliphatic heterocycles. The van der Waals surface area contributed by atoms with Crippen molar-refractivity contribution in [3.8, 4) is 0 Å². The van der Waals surface area contributed by atoms with Gasteiger partial charge in [0.2, 0.25) is 0 Å². The second-order valence-electron chi connectivity index (χ2n) is 1.98. The van der Waals surface area contributed by atoms with E-state index in [9.17, 15) is 13.2 Å². The molecule has 0 aromatic rings. The van der Waals surface area contributed by atoms with Gasteiger partial charge in [-0.1, -0.05) is 18.5 Å². The average Bonchev–Trinajstić information content (AvgIpc) is 1.87. The van der Waals surface area contributed by atoms with Gasteiger partial charge in [-0.2, -0.15) is 0 Å². The minimum Gasteiger partial charge on any atom is -0.296 e. The molecule has 1 atom stereocenters. The van der Waals surface area contributed by atoms with E-state index >= 15 is 0 Å². The van der Waals surface area contributed by atoms with Crippen molar-refractivity contribution in [1.82, 2.24) is 0 Å². The summed E-state index contributed by atoms with van der Waals surface area (Å²) < 4.78 is 20.4. The fraction of sp³-hybridized carbons (Fsp3) is 0.800. The summed E-state index contributed by atoms with van der Waals surface area (Å²) in [5.41, 5.74) is 0. The van der Waals surface area contributed by atoms with Gasteiger partial charge in [0.25, 0.3) is 2.21 Å². The molecule has 0 aliphatic rings. The minimum absolute atomic E-state index is 0.126. The van der Waals surface area contributed by atoms with Gasteiger partial charge in [-0.05, 0) is 29.5 Å². The summed E-state index contributed by atoms with van der Waals surface area (Å²) in [5, 5.41) is 0. The van der Waals surface area contributed by atoms with Crippen LogP contribution in [0.4, 0.5) is 0 Å². The quantitative estimate of drug-likeness (QED) is 0.584. The third-order valence-electron chi connectivity index (χ3n) is 1.18. The molecule has 0 bridgehead atoms. The van der Waals surface area contributed by atoms with Gasteiger partial charge in [0.05, 0.1) is 5.75 Å². The molecule has 0 unspecified atom stereocenters. The molecule has 0 saturated carbocycles. The SMILES string of the molecule is CCS(=O)(=O)[C@@](Cl)(I)C(C)=O. The number of rotatable bonds is 3. The molecule has 0 aromatic carbocycles. The molecular weight excluding hydrogens is 302 g/mol. The van der Waals surface area contributed by atoms with E-state index in [1.807, 2.05) is 0 Å². The normalized spacial score (nSPS) is 17.5. The molecule has 11 heavy (non-hydrogen) atoms. The first-order valence-corrected chi connectivity index (χ1v) is 5.97. The number of Topliss-reactive ketones (excluding diaryl/α,β-unsaturated/α-hetero) is 1. The van der Waals surface area contributed by atoms with E-state index in [0.29, 0.717) is 0 Å². The van der Waals surface area contributed by atoms with Gasteiger partial charge in [0.15, 0.2) is 15.6 Å². The fourth-order valence-corrected chi connectivity index (χ4v) is 2.46. The van der Waals surface area contributed by atoms with Gasteiger partial charge >= 0.3 is 0 Å². The monoisotopic (exact) mass is 310 g/mol. The Morgan fingerprint density at radius 3 is 2.09 bits per heavy atom. The van der Waals surface area contributed by atoms with Crippen molar-refractivity contribution < 1.29 is 13.2 Å². The second kappa shape index (κ2) is 3.57. The second-order valence-corrected chi connectivity index (χ2v) is 8.17. The number of carbonyl (C=O) groups excluding carboxylic acids is 1. The van der Waals surface area contributed by atoms with Crippen LogP contribution < -0.4 is 0 Å². The van der Waals surface area contributed by atoms with Crippen LogP contribution in [-0.4, -0.2) is 22.2 Å². The highest BCUT2D eigenvalue weighted by atomic mass is 127. The van der Waals surface area contributed by atoms with Crippen LogP contribution in [0, 0.1) is 0 Å².